The first-order chi connectivity index (χ1) is 16.1. The molecule has 0 radical (unpaired) electrons. The number of benzene rings is 4. The molecule has 1 aliphatic heterocycles. The summed E-state index contributed by atoms with van der Waals surface area (Å²) in [4.78, 5) is 2.27. The van der Waals surface area contributed by atoms with Gasteiger partial charge in [-0.1, -0.05) is 59.7 Å². The molecule has 0 aromatic heterocycles. The van der Waals surface area contributed by atoms with E-state index in [4.69, 9.17) is 0 Å². The maximum atomic E-state index is 10.2. The molecule has 0 bridgehead atoms. The van der Waals surface area contributed by atoms with Gasteiger partial charge >= 0.3 is 0 Å². The van der Waals surface area contributed by atoms with Crippen LogP contribution < -0.4 is 10.3 Å². The van der Waals surface area contributed by atoms with E-state index in [1.54, 1.807) is 6.07 Å². The van der Waals surface area contributed by atoms with E-state index >= 15 is 0 Å². The number of phenolic OH excluding ortho intramolecular Hbond substituents is 1. The van der Waals surface area contributed by atoms with E-state index in [1.165, 1.54) is 16.7 Å². The van der Waals surface area contributed by atoms with Crippen molar-refractivity contribution in [3.05, 3.63) is 119 Å². The number of aryl methyl sites for hydroxylation is 2. The third-order valence-corrected chi connectivity index (χ3v) is 6.11. The number of anilines is 3. The molecule has 2 N–H and O–H groups in total. The molecule has 0 amide bonds. The van der Waals surface area contributed by atoms with Crippen molar-refractivity contribution in [1.82, 2.24) is 5.43 Å². The summed E-state index contributed by atoms with van der Waals surface area (Å²) in [6, 6.07) is 33.3. The van der Waals surface area contributed by atoms with Crippen LogP contribution in [0.25, 0.3) is 0 Å². The third kappa shape index (κ3) is 4.33. The van der Waals surface area contributed by atoms with Gasteiger partial charge in [-0.25, -0.2) is 0 Å². The van der Waals surface area contributed by atoms with E-state index in [0.29, 0.717) is 0 Å². The van der Waals surface area contributed by atoms with Crippen LogP contribution in [0.4, 0.5) is 17.1 Å². The Morgan fingerprint density at radius 3 is 1.79 bits per heavy atom. The summed E-state index contributed by atoms with van der Waals surface area (Å²) in [5.74, 6) is 0.265. The van der Waals surface area contributed by atoms with Crippen LogP contribution in [0.5, 0.6) is 5.75 Å². The van der Waals surface area contributed by atoms with Gasteiger partial charge in [0.2, 0.25) is 0 Å². The van der Waals surface area contributed by atoms with Crippen molar-refractivity contribution < 1.29 is 5.11 Å². The van der Waals surface area contributed by atoms with E-state index in [0.717, 1.165) is 34.8 Å². The van der Waals surface area contributed by atoms with Crippen LogP contribution in [-0.2, 0) is 0 Å². The van der Waals surface area contributed by atoms with Gasteiger partial charge in [0.25, 0.3) is 0 Å². The number of rotatable bonds is 5. The van der Waals surface area contributed by atoms with Gasteiger partial charge in [-0.15, -0.1) is 0 Å². The van der Waals surface area contributed by atoms with Crippen molar-refractivity contribution in [2.24, 2.45) is 5.10 Å². The van der Waals surface area contributed by atoms with Gasteiger partial charge in [0.1, 0.15) is 5.75 Å². The second-order valence-electron chi connectivity index (χ2n) is 8.56. The lowest BCUT2D eigenvalue weighted by atomic mass is 9.98. The lowest BCUT2D eigenvalue weighted by Gasteiger charge is -2.26. The van der Waals surface area contributed by atoms with Crippen molar-refractivity contribution in [1.29, 1.82) is 0 Å². The third-order valence-electron chi connectivity index (χ3n) is 6.11. The summed E-state index contributed by atoms with van der Waals surface area (Å²) >= 11 is 0. The minimum atomic E-state index is 0.0841. The van der Waals surface area contributed by atoms with Crippen LogP contribution in [-0.4, -0.2) is 10.8 Å². The Kier molecular flexibility index (Phi) is 5.57. The van der Waals surface area contributed by atoms with E-state index in [2.05, 4.69) is 102 Å². The van der Waals surface area contributed by atoms with E-state index in [-0.39, 0.29) is 11.8 Å². The molecule has 1 heterocycles. The molecule has 1 unspecified atom stereocenters. The molecule has 33 heavy (non-hydrogen) atoms. The SMILES string of the molecule is Cc1ccc(N(c2ccc(C)cc2)c2ccc(C3CC(c4ccccc4O)=NN3)cc2)cc1. The molecule has 1 atom stereocenters. The Morgan fingerprint density at radius 1 is 0.727 bits per heavy atom. The fraction of sp³-hybridized carbons (Fsp3) is 0.138. The Hall–Kier alpha value is -4.05. The number of aromatic hydroxyl groups is 1. The summed E-state index contributed by atoms with van der Waals surface area (Å²) in [7, 11) is 0. The number of hydrazone groups is 1. The van der Waals surface area contributed by atoms with Crippen LogP contribution in [0.15, 0.2) is 102 Å². The van der Waals surface area contributed by atoms with Gasteiger partial charge in [-0.2, -0.15) is 5.10 Å². The monoisotopic (exact) mass is 433 g/mol. The summed E-state index contributed by atoms with van der Waals surface area (Å²) in [5, 5.41) is 14.7. The van der Waals surface area contributed by atoms with Gasteiger partial charge in [-0.05, 0) is 67.9 Å². The Labute approximate surface area is 194 Å². The Balaban J connectivity index is 1.41. The quantitative estimate of drug-likeness (QED) is 0.359. The smallest absolute Gasteiger partial charge is 0.124 e. The normalized spacial score (nSPS) is 15.1. The topological polar surface area (TPSA) is 47.9 Å². The van der Waals surface area contributed by atoms with Crippen LogP contribution in [0.2, 0.25) is 0 Å². The first kappa shape index (κ1) is 20.8. The number of hydrogen-bond acceptors (Lipinski definition) is 4. The molecule has 0 fully saturated rings. The van der Waals surface area contributed by atoms with E-state index in [9.17, 15) is 5.11 Å². The zero-order chi connectivity index (χ0) is 22.8. The molecule has 4 heteroatoms. The first-order valence-corrected chi connectivity index (χ1v) is 11.2. The number of phenols is 1. The highest BCUT2D eigenvalue weighted by molar-refractivity contribution is 6.03. The second kappa shape index (κ2) is 8.83. The van der Waals surface area contributed by atoms with Crippen LogP contribution in [0, 0.1) is 13.8 Å². The van der Waals surface area contributed by atoms with Crippen molar-refractivity contribution >= 4 is 22.8 Å². The summed E-state index contributed by atoms with van der Waals surface area (Å²) < 4.78 is 0. The molecular weight excluding hydrogens is 406 g/mol. The van der Waals surface area contributed by atoms with Crippen LogP contribution >= 0.6 is 0 Å². The van der Waals surface area contributed by atoms with E-state index in [1.807, 2.05) is 18.2 Å². The predicted octanol–water partition coefficient (Wildman–Crippen LogP) is 6.92. The molecule has 0 saturated carbocycles. The summed E-state index contributed by atoms with van der Waals surface area (Å²) in [6.45, 7) is 4.21. The molecule has 4 aromatic rings. The van der Waals surface area contributed by atoms with Gasteiger partial charge < -0.3 is 15.4 Å². The first-order valence-electron chi connectivity index (χ1n) is 11.2. The lowest BCUT2D eigenvalue weighted by molar-refractivity contribution is 0.474. The van der Waals surface area contributed by atoms with Gasteiger partial charge in [0.05, 0.1) is 11.8 Å². The maximum absolute atomic E-state index is 10.2. The van der Waals surface area contributed by atoms with Gasteiger partial charge in [-0.3, -0.25) is 0 Å². The van der Waals surface area contributed by atoms with E-state index < -0.39 is 0 Å². The standard InChI is InChI=1S/C29H27N3O/c1-20-7-13-23(14-8-20)32(24-15-9-21(2)10-16-24)25-17-11-22(12-18-25)27-19-28(31-30-27)26-5-3-4-6-29(26)33/h3-18,27,30,33H,19H2,1-2H3. The molecule has 4 aromatic carbocycles. The van der Waals surface area contributed by atoms with Crippen LogP contribution in [0.1, 0.15) is 34.7 Å². The molecular formula is C29H27N3O. The summed E-state index contributed by atoms with van der Waals surface area (Å²) in [5.41, 5.74) is 11.9. The average Bonchev–Trinajstić information content (AvgIpc) is 3.32. The fourth-order valence-corrected chi connectivity index (χ4v) is 4.21. The molecule has 4 nitrogen and oxygen atoms in total. The largest absolute Gasteiger partial charge is 0.507 e. The minimum Gasteiger partial charge on any atom is -0.507 e. The molecule has 0 spiro atoms. The fourth-order valence-electron chi connectivity index (χ4n) is 4.21. The Morgan fingerprint density at radius 2 is 1.24 bits per heavy atom. The molecule has 5 rings (SSSR count). The Bertz CT molecular complexity index is 1230. The molecule has 0 aliphatic carbocycles. The van der Waals surface area contributed by atoms with Gasteiger partial charge in [0.15, 0.2) is 0 Å². The number of nitrogens with one attached hydrogen (secondary N) is 1. The number of para-hydroxylation sites is 1. The highest BCUT2D eigenvalue weighted by Crippen LogP contribution is 2.36. The second-order valence-corrected chi connectivity index (χ2v) is 8.56. The predicted molar refractivity (Wildman–Crippen MR) is 136 cm³/mol. The van der Waals surface area contributed by atoms with Crippen molar-refractivity contribution in [2.75, 3.05) is 4.90 Å². The average molecular weight is 434 g/mol. The zero-order valence-electron chi connectivity index (χ0n) is 18.9. The van der Waals surface area contributed by atoms with Crippen molar-refractivity contribution in [2.45, 2.75) is 26.3 Å². The molecule has 164 valence electrons. The lowest BCUT2D eigenvalue weighted by Crippen LogP contribution is -2.12. The summed E-state index contributed by atoms with van der Waals surface area (Å²) in [6.07, 6.45) is 0.733. The maximum Gasteiger partial charge on any atom is 0.124 e. The molecule has 1 aliphatic rings. The van der Waals surface area contributed by atoms with Crippen molar-refractivity contribution in [3.8, 4) is 5.75 Å². The highest BCUT2D eigenvalue weighted by Gasteiger charge is 2.23. The minimum absolute atomic E-state index is 0.0841. The van der Waals surface area contributed by atoms with Crippen LogP contribution in [0.3, 0.4) is 0 Å². The molecule has 0 saturated heterocycles. The van der Waals surface area contributed by atoms with Gasteiger partial charge in [0, 0.05) is 29.0 Å². The number of hydrogen-bond donors (Lipinski definition) is 2. The number of nitrogens with zero attached hydrogens (tertiary/aromatic N) is 2. The zero-order valence-corrected chi connectivity index (χ0v) is 18.9. The highest BCUT2D eigenvalue weighted by atomic mass is 16.3. The van der Waals surface area contributed by atoms with Crippen molar-refractivity contribution in [3.63, 3.8) is 0 Å².